The van der Waals surface area contributed by atoms with Gasteiger partial charge < -0.3 is 19.7 Å². The number of piperidine rings is 1. The van der Waals surface area contributed by atoms with Crippen LogP contribution < -0.4 is 0 Å². The molecular weight excluding hydrogens is 358 g/mol. The van der Waals surface area contributed by atoms with Crippen LogP contribution in [0.25, 0.3) is 0 Å². The fraction of sp³-hybridized carbons (Fsp3) is 0.955. The highest BCUT2D eigenvalue weighted by Crippen LogP contribution is 2.77. The van der Waals surface area contributed by atoms with Crippen molar-refractivity contribution in [1.82, 2.24) is 4.90 Å². The first-order valence-electron chi connectivity index (χ1n) is 11.2. The second-order valence-corrected chi connectivity index (χ2v) is 10.8. The Balaban J connectivity index is 1.66. The average Bonchev–Trinajstić information content (AvgIpc) is 2.73. The molecule has 0 radical (unpaired) electrons. The molecule has 5 unspecified atom stereocenters. The highest BCUT2D eigenvalue weighted by molar-refractivity contribution is 5.77. The van der Waals surface area contributed by atoms with Crippen LogP contribution in [0.2, 0.25) is 0 Å². The predicted octanol–water partition coefficient (Wildman–Crippen LogP) is 1.19. The van der Waals surface area contributed by atoms with Gasteiger partial charge in [-0.15, -0.1) is 0 Å². The molecule has 3 heterocycles. The number of esters is 1. The molecular formula is C22H33NO5. The smallest absolute Gasteiger partial charge is 0.312 e. The van der Waals surface area contributed by atoms with E-state index < -0.39 is 17.6 Å². The largest absolute Gasteiger partial charge is 0.462 e. The van der Waals surface area contributed by atoms with Gasteiger partial charge in [-0.2, -0.15) is 0 Å². The second-order valence-electron chi connectivity index (χ2n) is 10.8. The summed E-state index contributed by atoms with van der Waals surface area (Å²) in [4.78, 5) is 15.6. The zero-order valence-electron chi connectivity index (χ0n) is 17.1. The number of aliphatic hydroxyl groups excluding tert-OH is 1. The number of carbonyl (C=O) groups excluding carboxylic acids is 1. The number of aliphatic hydroxyl groups is 2. The Morgan fingerprint density at radius 2 is 2.11 bits per heavy atom. The average molecular weight is 392 g/mol. The zero-order valence-corrected chi connectivity index (χ0v) is 17.1. The van der Waals surface area contributed by atoms with E-state index in [4.69, 9.17) is 9.47 Å². The molecule has 28 heavy (non-hydrogen) atoms. The highest BCUT2D eigenvalue weighted by atomic mass is 16.5. The fourth-order valence-electron chi connectivity index (χ4n) is 9.64. The first-order valence-corrected chi connectivity index (χ1v) is 11.2. The van der Waals surface area contributed by atoms with E-state index in [1.54, 1.807) is 7.11 Å². The standard InChI is InChI=1S/C22H33NO5/c1-4-23-10-20(2)7-6-13(27-3)22-12-9-11-5-8-21(26,14(12)19(25)28-11)15(18(22)23)16(24)17(20)22/h11-18,24,26H,4-10H2,1-3H3/t11-,12?,13-,14?,15?,16?,17?,18+,20-,21+,22-/m0/s1. The van der Waals surface area contributed by atoms with Crippen molar-refractivity contribution in [3.63, 3.8) is 0 Å². The van der Waals surface area contributed by atoms with E-state index in [1.165, 1.54) is 0 Å². The molecule has 0 aromatic rings. The molecule has 7 fully saturated rings. The van der Waals surface area contributed by atoms with Gasteiger partial charge in [0.25, 0.3) is 0 Å². The zero-order chi connectivity index (χ0) is 19.6. The van der Waals surface area contributed by atoms with Crippen molar-refractivity contribution < 1.29 is 24.5 Å². The number of fused-ring (bicyclic) bond motifs is 2. The highest BCUT2D eigenvalue weighted by Gasteiger charge is 2.84. The molecule has 3 aliphatic heterocycles. The van der Waals surface area contributed by atoms with Crippen molar-refractivity contribution >= 4 is 5.97 Å². The van der Waals surface area contributed by atoms with E-state index in [-0.39, 0.29) is 52.8 Å². The summed E-state index contributed by atoms with van der Waals surface area (Å²) in [5, 5.41) is 23.9. The first kappa shape index (κ1) is 18.1. The van der Waals surface area contributed by atoms with Crippen LogP contribution in [-0.2, 0) is 14.3 Å². The lowest BCUT2D eigenvalue weighted by Crippen LogP contribution is -2.76. The van der Waals surface area contributed by atoms with Crippen LogP contribution in [0.1, 0.15) is 46.0 Å². The number of carbonyl (C=O) groups is 1. The summed E-state index contributed by atoms with van der Waals surface area (Å²) < 4.78 is 11.9. The maximum atomic E-state index is 13.1. The number of hydrogen-bond acceptors (Lipinski definition) is 6. The summed E-state index contributed by atoms with van der Waals surface area (Å²) in [5.74, 6) is -0.969. The van der Waals surface area contributed by atoms with Crippen LogP contribution in [-0.4, -0.2) is 71.2 Å². The van der Waals surface area contributed by atoms with E-state index in [1.807, 2.05) is 0 Å². The normalized spacial score (nSPS) is 61.8. The lowest BCUT2D eigenvalue weighted by atomic mass is 9.42. The number of nitrogens with zero attached hydrogens (tertiary/aromatic N) is 1. The van der Waals surface area contributed by atoms with Gasteiger partial charge in [-0.3, -0.25) is 9.69 Å². The van der Waals surface area contributed by atoms with E-state index in [0.29, 0.717) is 12.8 Å². The molecule has 0 aromatic carbocycles. The third kappa shape index (κ3) is 1.68. The number of likely N-dealkylation sites (tertiary alicyclic amines) is 1. The Morgan fingerprint density at radius 3 is 2.82 bits per heavy atom. The molecule has 9 bridgehead atoms. The van der Waals surface area contributed by atoms with Gasteiger partial charge in [0.2, 0.25) is 0 Å². The third-order valence-corrected chi connectivity index (χ3v) is 10.1. The monoisotopic (exact) mass is 391 g/mol. The van der Waals surface area contributed by atoms with Crippen molar-refractivity contribution in [3.05, 3.63) is 0 Å². The fourth-order valence-corrected chi connectivity index (χ4v) is 9.64. The van der Waals surface area contributed by atoms with Crippen LogP contribution in [0.5, 0.6) is 0 Å². The van der Waals surface area contributed by atoms with E-state index >= 15 is 0 Å². The maximum absolute atomic E-state index is 13.1. The topological polar surface area (TPSA) is 79.2 Å². The van der Waals surface area contributed by atoms with Crippen LogP contribution >= 0.6 is 0 Å². The Bertz CT molecular complexity index is 730. The number of methoxy groups -OCH3 is 1. The Morgan fingerprint density at radius 1 is 1.32 bits per heavy atom. The quantitative estimate of drug-likeness (QED) is 0.689. The number of ether oxygens (including phenoxy) is 2. The van der Waals surface area contributed by atoms with Gasteiger partial charge in [0.1, 0.15) is 6.10 Å². The lowest BCUT2D eigenvalue weighted by Gasteiger charge is -2.69. The van der Waals surface area contributed by atoms with E-state index in [2.05, 4.69) is 18.7 Å². The third-order valence-electron chi connectivity index (χ3n) is 10.1. The molecule has 3 saturated heterocycles. The summed E-state index contributed by atoms with van der Waals surface area (Å²) in [5.41, 5.74) is -1.46. The minimum absolute atomic E-state index is 0.0123. The molecule has 4 aliphatic carbocycles. The molecule has 6 nitrogen and oxygen atoms in total. The van der Waals surface area contributed by atoms with Crippen molar-refractivity contribution in [2.45, 2.75) is 75.9 Å². The molecule has 0 amide bonds. The van der Waals surface area contributed by atoms with Crippen LogP contribution in [0.4, 0.5) is 0 Å². The molecule has 1 spiro atoms. The minimum atomic E-state index is -1.17. The molecule has 156 valence electrons. The maximum Gasteiger partial charge on any atom is 0.312 e. The minimum Gasteiger partial charge on any atom is -0.462 e. The van der Waals surface area contributed by atoms with Gasteiger partial charge in [-0.1, -0.05) is 13.8 Å². The Kier molecular flexibility index (Phi) is 3.44. The lowest BCUT2D eigenvalue weighted by molar-refractivity contribution is -0.269. The summed E-state index contributed by atoms with van der Waals surface area (Å²) >= 11 is 0. The molecule has 11 atom stereocenters. The van der Waals surface area contributed by atoms with Crippen molar-refractivity contribution in [2.75, 3.05) is 20.2 Å². The summed E-state index contributed by atoms with van der Waals surface area (Å²) in [6.07, 6.45) is 3.38. The van der Waals surface area contributed by atoms with Gasteiger partial charge in [-0.05, 0) is 50.0 Å². The van der Waals surface area contributed by atoms with Crippen molar-refractivity contribution in [2.24, 2.45) is 34.5 Å². The number of rotatable bonds is 2. The number of hydrogen-bond donors (Lipinski definition) is 2. The second kappa shape index (κ2) is 5.32. The molecule has 7 aliphatic rings. The molecule has 7 rings (SSSR count). The van der Waals surface area contributed by atoms with Crippen LogP contribution in [0.3, 0.4) is 0 Å². The Labute approximate surface area is 166 Å². The SMILES string of the molecule is CCN1C[C@]2(C)CC[C@H](OC)[C@@]34C5C[C@@H]6CC[C@@](O)(C5C(=O)O6)C(C(O)C23)[C@@H]14. The van der Waals surface area contributed by atoms with Crippen molar-refractivity contribution in [3.8, 4) is 0 Å². The van der Waals surface area contributed by atoms with Crippen LogP contribution in [0.15, 0.2) is 0 Å². The molecule has 0 aromatic heterocycles. The molecule has 4 saturated carbocycles. The van der Waals surface area contributed by atoms with E-state index in [9.17, 15) is 15.0 Å². The Hall–Kier alpha value is -0.690. The first-order chi connectivity index (χ1) is 13.3. The van der Waals surface area contributed by atoms with Gasteiger partial charge in [-0.25, -0.2) is 0 Å². The molecule has 2 N–H and O–H groups in total. The van der Waals surface area contributed by atoms with Gasteiger partial charge in [0, 0.05) is 36.9 Å². The van der Waals surface area contributed by atoms with E-state index in [0.717, 1.165) is 32.4 Å². The van der Waals surface area contributed by atoms with Gasteiger partial charge in [0.05, 0.1) is 23.7 Å². The van der Waals surface area contributed by atoms with Crippen LogP contribution in [0, 0.1) is 34.5 Å². The summed E-state index contributed by atoms with van der Waals surface area (Å²) in [6.45, 7) is 6.38. The van der Waals surface area contributed by atoms with Crippen molar-refractivity contribution in [1.29, 1.82) is 0 Å². The predicted molar refractivity (Wildman–Crippen MR) is 100 cm³/mol. The summed E-state index contributed by atoms with van der Waals surface area (Å²) in [6, 6.07) is 0.0757. The van der Waals surface area contributed by atoms with Gasteiger partial charge in [0.15, 0.2) is 0 Å². The molecule has 6 heteroatoms. The summed E-state index contributed by atoms with van der Waals surface area (Å²) in [7, 11) is 1.79. The van der Waals surface area contributed by atoms with Gasteiger partial charge >= 0.3 is 5.97 Å².